The number of anilines is 1. The van der Waals surface area contributed by atoms with Crippen LogP contribution in [0.5, 0.6) is 5.75 Å². The third-order valence-electron chi connectivity index (χ3n) is 5.94. The van der Waals surface area contributed by atoms with Crippen LogP contribution in [0, 0.1) is 5.92 Å². The van der Waals surface area contributed by atoms with E-state index in [0.717, 1.165) is 41.3 Å². The maximum Gasteiger partial charge on any atom is 0.343 e. The summed E-state index contributed by atoms with van der Waals surface area (Å²) in [7, 11) is -3.56. The van der Waals surface area contributed by atoms with Crippen LogP contribution >= 0.6 is 11.3 Å². The fourth-order valence-corrected chi connectivity index (χ4v) is 6.75. The van der Waals surface area contributed by atoms with Crippen molar-refractivity contribution in [3.63, 3.8) is 0 Å². The molecule has 0 spiro atoms. The van der Waals surface area contributed by atoms with Gasteiger partial charge in [-0.05, 0) is 69.0 Å². The van der Waals surface area contributed by atoms with Gasteiger partial charge in [0.1, 0.15) is 5.75 Å². The number of piperidine rings is 1. The summed E-state index contributed by atoms with van der Waals surface area (Å²) in [6.45, 7) is 9.06. The normalized spacial score (nSPS) is 17.2. The average molecular weight is 488 g/mol. The molecule has 4 rings (SSSR count). The van der Waals surface area contributed by atoms with Crippen LogP contribution in [-0.4, -0.2) is 49.9 Å². The van der Waals surface area contributed by atoms with Crippen LogP contribution in [0.2, 0.25) is 0 Å². The number of carbonyl (C=O) groups excluding carboxylic acids is 1. The van der Waals surface area contributed by atoms with E-state index in [9.17, 15) is 13.2 Å². The maximum atomic E-state index is 12.9. The molecule has 0 N–H and O–H groups in total. The molecule has 0 amide bonds. The van der Waals surface area contributed by atoms with Gasteiger partial charge in [0.15, 0.2) is 5.13 Å². The summed E-state index contributed by atoms with van der Waals surface area (Å²) in [4.78, 5) is 19.7. The minimum Gasteiger partial charge on any atom is -0.423 e. The van der Waals surface area contributed by atoms with Crippen molar-refractivity contribution >= 4 is 42.7 Å². The van der Waals surface area contributed by atoms with Crippen molar-refractivity contribution < 1.29 is 17.9 Å². The summed E-state index contributed by atoms with van der Waals surface area (Å²) >= 11 is 1.56. The molecule has 1 saturated heterocycles. The van der Waals surface area contributed by atoms with Gasteiger partial charge in [0, 0.05) is 32.2 Å². The summed E-state index contributed by atoms with van der Waals surface area (Å²) in [6, 6.07) is 11.4. The molecule has 1 unspecified atom stereocenters. The van der Waals surface area contributed by atoms with Crippen molar-refractivity contribution in [2.75, 3.05) is 31.1 Å². The van der Waals surface area contributed by atoms with E-state index in [4.69, 9.17) is 4.74 Å². The van der Waals surface area contributed by atoms with E-state index in [-0.39, 0.29) is 4.90 Å². The molecule has 0 radical (unpaired) electrons. The first-order valence-corrected chi connectivity index (χ1v) is 13.6. The average Bonchev–Trinajstić information content (AvgIpc) is 3.23. The molecule has 1 aromatic heterocycles. The quantitative estimate of drug-likeness (QED) is 0.352. The van der Waals surface area contributed by atoms with Gasteiger partial charge in [0.05, 0.1) is 20.7 Å². The van der Waals surface area contributed by atoms with E-state index in [0.29, 0.717) is 30.3 Å². The molecule has 2 aromatic carbocycles. The van der Waals surface area contributed by atoms with Crippen molar-refractivity contribution in [1.29, 1.82) is 0 Å². The molecule has 33 heavy (non-hydrogen) atoms. The standard InChI is InChI=1S/C24H29N3O4S2/c1-4-26(5-2)24-25-21-13-10-19(15-22(21)32-24)31-23(28)18-8-11-20(12-9-18)33(29,30)27-14-6-7-17(3)16-27/h8-13,15,17H,4-7,14,16H2,1-3H3. The highest BCUT2D eigenvalue weighted by atomic mass is 32.2. The van der Waals surface area contributed by atoms with Crippen LogP contribution in [0.3, 0.4) is 0 Å². The predicted octanol–water partition coefficient (Wildman–Crippen LogP) is 4.78. The molecule has 0 saturated carbocycles. The van der Waals surface area contributed by atoms with Crippen LogP contribution in [0.1, 0.15) is 44.0 Å². The van der Waals surface area contributed by atoms with Crippen molar-refractivity contribution in [2.45, 2.75) is 38.5 Å². The molecule has 1 aliphatic rings. The molecule has 0 bridgehead atoms. The SMILES string of the molecule is CCN(CC)c1nc2ccc(OC(=O)c3ccc(S(=O)(=O)N4CCCC(C)C4)cc3)cc2s1. The predicted molar refractivity (Wildman–Crippen MR) is 132 cm³/mol. The number of benzene rings is 2. The summed E-state index contributed by atoms with van der Waals surface area (Å²) < 4.78 is 33.9. The second-order valence-electron chi connectivity index (χ2n) is 8.32. The number of nitrogens with zero attached hydrogens (tertiary/aromatic N) is 3. The Balaban J connectivity index is 1.48. The Bertz CT molecular complexity index is 1230. The number of fused-ring (bicyclic) bond motifs is 1. The summed E-state index contributed by atoms with van der Waals surface area (Å²) in [5.41, 5.74) is 1.16. The molecule has 7 nitrogen and oxygen atoms in total. The maximum absolute atomic E-state index is 12.9. The monoisotopic (exact) mass is 487 g/mol. The van der Waals surface area contributed by atoms with E-state index < -0.39 is 16.0 Å². The van der Waals surface area contributed by atoms with Crippen LogP contribution in [-0.2, 0) is 10.0 Å². The number of rotatable bonds is 7. The zero-order valence-corrected chi connectivity index (χ0v) is 20.8. The Hall–Kier alpha value is -2.49. The van der Waals surface area contributed by atoms with Crippen LogP contribution < -0.4 is 9.64 Å². The number of aromatic nitrogens is 1. The van der Waals surface area contributed by atoms with Gasteiger partial charge in [0.2, 0.25) is 10.0 Å². The lowest BCUT2D eigenvalue weighted by Gasteiger charge is -2.30. The second kappa shape index (κ2) is 9.79. The Morgan fingerprint density at radius 2 is 1.91 bits per heavy atom. The Morgan fingerprint density at radius 3 is 2.58 bits per heavy atom. The lowest BCUT2D eigenvalue weighted by atomic mass is 10.0. The molecular formula is C24H29N3O4S2. The highest BCUT2D eigenvalue weighted by Gasteiger charge is 2.28. The largest absolute Gasteiger partial charge is 0.423 e. The van der Waals surface area contributed by atoms with Gasteiger partial charge < -0.3 is 9.64 Å². The third-order valence-corrected chi connectivity index (χ3v) is 8.90. The van der Waals surface area contributed by atoms with Crippen LogP contribution in [0.4, 0.5) is 5.13 Å². The summed E-state index contributed by atoms with van der Waals surface area (Å²) in [6.07, 6.45) is 1.91. The van der Waals surface area contributed by atoms with Gasteiger partial charge in [-0.1, -0.05) is 18.3 Å². The van der Waals surface area contributed by atoms with Crippen molar-refractivity contribution in [1.82, 2.24) is 9.29 Å². The fraction of sp³-hybridized carbons (Fsp3) is 0.417. The summed E-state index contributed by atoms with van der Waals surface area (Å²) in [5, 5.41) is 0.943. The van der Waals surface area contributed by atoms with E-state index >= 15 is 0 Å². The lowest BCUT2D eigenvalue weighted by Crippen LogP contribution is -2.39. The van der Waals surface area contributed by atoms with E-state index in [1.807, 2.05) is 12.1 Å². The minimum atomic E-state index is -3.56. The molecule has 9 heteroatoms. The van der Waals surface area contributed by atoms with Gasteiger partial charge in [-0.2, -0.15) is 4.31 Å². The smallest absolute Gasteiger partial charge is 0.343 e. The van der Waals surface area contributed by atoms with E-state index in [1.165, 1.54) is 28.6 Å². The zero-order valence-electron chi connectivity index (χ0n) is 19.2. The van der Waals surface area contributed by atoms with Crippen molar-refractivity contribution in [3.05, 3.63) is 48.0 Å². The first kappa shape index (κ1) is 23.7. The fourth-order valence-electron chi connectivity index (χ4n) is 4.03. The van der Waals surface area contributed by atoms with E-state index in [2.05, 4.69) is 30.7 Å². The number of hydrogen-bond acceptors (Lipinski definition) is 7. The number of carbonyl (C=O) groups is 1. The molecule has 1 atom stereocenters. The summed E-state index contributed by atoms with van der Waals surface area (Å²) in [5.74, 6) is 0.251. The first-order chi connectivity index (χ1) is 15.8. The first-order valence-electron chi connectivity index (χ1n) is 11.3. The minimum absolute atomic E-state index is 0.197. The second-order valence-corrected chi connectivity index (χ2v) is 11.3. The third kappa shape index (κ3) is 5.05. The highest BCUT2D eigenvalue weighted by Crippen LogP contribution is 2.31. The molecule has 176 valence electrons. The number of esters is 1. The van der Waals surface area contributed by atoms with E-state index in [1.54, 1.807) is 17.4 Å². The molecule has 1 fully saturated rings. The molecule has 1 aliphatic heterocycles. The Morgan fingerprint density at radius 1 is 1.18 bits per heavy atom. The van der Waals surface area contributed by atoms with Gasteiger partial charge in [0.25, 0.3) is 0 Å². The van der Waals surface area contributed by atoms with Crippen molar-refractivity contribution in [3.8, 4) is 5.75 Å². The van der Waals surface area contributed by atoms with Gasteiger partial charge in [-0.3, -0.25) is 0 Å². The number of hydrogen-bond donors (Lipinski definition) is 0. The molecule has 0 aliphatic carbocycles. The lowest BCUT2D eigenvalue weighted by molar-refractivity contribution is 0.0735. The molecule has 2 heterocycles. The van der Waals surface area contributed by atoms with Gasteiger partial charge >= 0.3 is 5.97 Å². The Labute approximate surface area is 199 Å². The van der Waals surface area contributed by atoms with Gasteiger partial charge in [-0.15, -0.1) is 0 Å². The number of ether oxygens (including phenoxy) is 1. The van der Waals surface area contributed by atoms with Crippen LogP contribution in [0.25, 0.3) is 10.2 Å². The van der Waals surface area contributed by atoms with Crippen molar-refractivity contribution in [2.24, 2.45) is 5.92 Å². The van der Waals surface area contributed by atoms with Crippen LogP contribution in [0.15, 0.2) is 47.4 Å². The zero-order chi connectivity index (χ0) is 23.6. The Kier molecular flexibility index (Phi) is 7.02. The topological polar surface area (TPSA) is 79.8 Å². The van der Waals surface area contributed by atoms with Gasteiger partial charge in [-0.25, -0.2) is 18.2 Å². The molecule has 3 aromatic rings. The number of sulfonamides is 1. The molecular weight excluding hydrogens is 458 g/mol. The highest BCUT2D eigenvalue weighted by molar-refractivity contribution is 7.89. The number of thiazole rings is 1.